The largest absolute Gasteiger partial charge is 0.477 e. The zero-order chi connectivity index (χ0) is 12.1. The van der Waals surface area contributed by atoms with Gasteiger partial charge in [-0.3, -0.25) is 4.79 Å². The number of hydrogen-bond donors (Lipinski definition) is 3. The zero-order valence-corrected chi connectivity index (χ0v) is 9.46. The van der Waals surface area contributed by atoms with Gasteiger partial charge in [-0.05, 0) is 19.4 Å². The van der Waals surface area contributed by atoms with Gasteiger partial charge in [-0.15, -0.1) is 0 Å². The first-order valence-corrected chi connectivity index (χ1v) is 5.27. The highest BCUT2D eigenvalue weighted by Crippen LogP contribution is 2.17. The smallest absolute Gasteiger partial charge is 0.354 e. The van der Waals surface area contributed by atoms with Crippen LogP contribution in [0, 0.1) is 6.92 Å². The molecule has 3 N–H and O–H groups in total. The number of aromatic nitrogens is 1. The second-order valence-electron chi connectivity index (χ2n) is 3.70. The van der Waals surface area contributed by atoms with Crippen LogP contribution in [0.5, 0.6) is 0 Å². The average Bonchev–Trinajstić information content (AvgIpc) is 2.56. The van der Waals surface area contributed by atoms with Crippen LogP contribution in [-0.4, -0.2) is 22.0 Å². The minimum atomic E-state index is -1.07. The van der Waals surface area contributed by atoms with Gasteiger partial charge in [0.15, 0.2) is 0 Å². The van der Waals surface area contributed by atoms with E-state index in [-0.39, 0.29) is 11.6 Å². The number of carbonyl (C=O) groups excluding carboxylic acids is 1. The number of anilines is 1. The third kappa shape index (κ3) is 3.12. The second-order valence-corrected chi connectivity index (χ2v) is 3.70. The summed E-state index contributed by atoms with van der Waals surface area (Å²) >= 11 is 0. The molecule has 0 radical (unpaired) electrons. The molecule has 0 saturated carbocycles. The first kappa shape index (κ1) is 12.3. The summed E-state index contributed by atoms with van der Waals surface area (Å²) in [4.78, 5) is 25.0. The van der Waals surface area contributed by atoms with Gasteiger partial charge >= 0.3 is 5.97 Å². The van der Waals surface area contributed by atoms with E-state index in [0.717, 1.165) is 12.8 Å². The van der Waals surface area contributed by atoms with Gasteiger partial charge in [0.1, 0.15) is 5.69 Å². The lowest BCUT2D eigenvalue weighted by atomic mass is 10.2. The standard InChI is InChI=1S/C11H16N2O3/c1-3-4-5-9(14)13-8-6-7(2)12-10(8)11(15)16/h6,12H,3-5H2,1-2H3,(H,13,14)(H,15,16). The molecule has 88 valence electrons. The van der Waals surface area contributed by atoms with E-state index in [0.29, 0.717) is 17.8 Å². The Morgan fingerprint density at radius 2 is 2.19 bits per heavy atom. The maximum absolute atomic E-state index is 11.4. The van der Waals surface area contributed by atoms with E-state index in [1.807, 2.05) is 6.92 Å². The predicted octanol–water partition coefficient (Wildman–Crippen LogP) is 2.15. The molecule has 1 amide bonds. The van der Waals surface area contributed by atoms with Gasteiger partial charge in [-0.25, -0.2) is 4.79 Å². The van der Waals surface area contributed by atoms with E-state index in [2.05, 4.69) is 10.3 Å². The fourth-order valence-electron chi connectivity index (χ4n) is 1.41. The van der Waals surface area contributed by atoms with Crippen LogP contribution in [0.1, 0.15) is 42.4 Å². The number of rotatable bonds is 5. The molecule has 0 bridgehead atoms. The molecule has 0 fully saturated rings. The third-order valence-electron chi connectivity index (χ3n) is 2.20. The van der Waals surface area contributed by atoms with Crippen molar-refractivity contribution in [3.63, 3.8) is 0 Å². The maximum atomic E-state index is 11.4. The molecular weight excluding hydrogens is 208 g/mol. The monoisotopic (exact) mass is 224 g/mol. The molecule has 0 saturated heterocycles. The summed E-state index contributed by atoms with van der Waals surface area (Å²) < 4.78 is 0. The van der Waals surface area contributed by atoms with Crippen LogP contribution in [0.3, 0.4) is 0 Å². The first-order valence-electron chi connectivity index (χ1n) is 5.27. The topological polar surface area (TPSA) is 82.2 Å². The zero-order valence-electron chi connectivity index (χ0n) is 9.46. The number of aromatic carboxylic acids is 1. The fraction of sp³-hybridized carbons (Fsp3) is 0.455. The number of aryl methyl sites for hydroxylation is 1. The molecular formula is C11H16N2O3. The van der Waals surface area contributed by atoms with Gasteiger partial charge in [0, 0.05) is 12.1 Å². The summed E-state index contributed by atoms with van der Waals surface area (Å²) in [6, 6.07) is 1.62. The Morgan fingerprint density at radius 3 is 2.75 bits per heavy atom. The van der Waals surface area contributed by atoms with E-state index in [1.54, 1.807) is 13.0 Å². The van der Waals surface area contributed by atoms with Gasteiger partial charge < -0.3 is 15.4 Å². The Morgan fingerprint density at radius 1 is 1.50 bits per heavy atom. The van der Waals surface area contributed by atoms with Crippen molar-refractivity contribution in [2.75, 3.05) is 5.32 Å². The summed E-state index contributed by atoms with van der Waals surface area (Å²) in [6.45, 7) is 3.74. The van der Waals surface area contributed by atoms with Crippen molar-refractivity contribution in [2.45, 2.75) is 33.1 Å². The van der Waals surface area contributed by atoms with Gasteiger partial charge in [-0.1, -0.05) is 13.3 Å². The van der Waals surface area contributed by atoms with Crippen LogP contribution in [0.4, 0.5) is 5.69 Å². The van der Waals surface area contributed by atoms with Crippen molar-refractivity contribution in [1.29, 1.82) is 0 Å². The number of carboxylic acids is 1. The van der Waals surface area contributed by atoms with Crippen molar-refractivity contribution in [1.82, 2.24) is 4.98 Å². The summed E-state index contributed by atoms with van der Waals surface area (Å²) in [6.07, 6.45) is 2.16. The van der Waals surface area contributed by atoms with Gasteiger partial charge in [0.2, 0.25) is 5.91 Å². The van der Waals surface area contributed by atoms with Crippen LogP contribution in [-0.2, 0) is 4.79 Å². The Kier molecular flexibility index (Phi) is 4.10. The highest BCUT2D eigenvalue weighted by Gasteiger charge is 2.14. The van der Waals surface area contributed by atoms with E-state index in [1.165, 1.54) is 0 Å². The SMILES string of the molecule is CCCCC(=O)Nc1cc(C)[nH]c1C(=O)O. The number of H-pyrrole nitrogens is 1. The number of carboxylic acid groups (broad SMARTS) is 1. The van der Waals surface area contributed by atoms with Crippen molar-refractivity contribution in [2.24, 2.45) is 0 Å². The van der Waals surface area contributed by atoms with E-state index in [4.69, 9.17) is 5.11 Å². The Hall–Kier alpha value is -1.78. The molecule has 1 heterocycles. The van der Waals surface area contributed by atoms with Gasteiger partial charge in [0.25, 0.3) is 0 Å². The molecule has 0 atom stereocenters. The minimum Gasteiger partial charge on any atom is -0.477 e. The van der Waals surface area contributed by atoms with Crippen LogP contribution in [0.25, 0.3) is 0 Å². The van der Waals surface area contributed by atoms with Crippen molar-refractivity contribution in [3.8, 4) is 0 Å². The molecule has 5 nitrogen and oxygen atoms in total. The molecule has 0 unspecified atom stereocenters. The minimum absolute atomic E-state index is 0.0300. The lowest BCUT2D eigenvalue weighted by Gasteiger charge is -2.03. The number of hydrogen-bond acceptors (Lipinski definition) is 2. The van der Waals surface area contributed by atoms with Crippen LogP contribution in [0.2, 0.25) is 0 Å². The number of unbranched alkanes of at least 4 members (excludes halogenated alkanes) is 1. The molecule has 0 aliphatic carbocycles. The van der Waals surface area contributed by atoms with Crippen LogP contribution in [0.15, 0.2) is 6.07 Å². The molecule has 1 aromatic heterocycles. The maximum Gasteiger partial charge on any atom is 0.354 e. The molecule has 0 spiro atoms. The van der Waals surface area contributed by atoms with Crippen molar-refractivity contribution >= 4 is 17.6 Å². The lowest BCUT2D eigenvalue weighted by Crippen LogP contribution is -2.13. The highest BCUT2D eigenvalue weighted by molar-refractivity contribution is 5.99. The van der Waals surface area contributed by atoms with E-state index >= 15 is 0 Å². The van der Waals surface area contributed by atoms with Gasteiger partial charge in [0.05, 0.1) is 5.69 Å². The predicted molar refractivity (Wildman–Crippen MR) is 60.6 cm³/mol. The normalized spacial score (nSPS) is 10.1. The molecule has 0 aliphatic rings. The number of carbonyl (C=O) groups is 2. The third-order valence-corrected chi connectivity index (χ3v) is 2.20. The summed E-state index contributed by atoms with van der Waals surface area (Å²) in [5.74, 6) is -1.22. The lowest BCUT2D eigenvalue weighted by molar-refractivity contribution is -0.116. The fourth-order valence-corrected chi connectivity index (χ4v) is 1.41. The Labute approximate surface area is 93.9 Å². The first-order chi connectivity index (χ1) is 7.54. The van der Waals surface area contributed by atoms with Crippen LogP contribution >= 0.6 is 0 Å². The molecule has 5 heteroatoms. The molecule has 0 aliphatic heterocycles. The summed E-state index contributed by atoms with van der Waals surface area (Å²) in [5.41, 5.74) is 1.08. The molecule has 1 rings (SSSR count). The van der Waals surface area contributed by atoms with E-state index in [9.17, 15) is 9.59 Å². The Balaban J connectivity index is 2.72. The highest BCUT2D eigenvalue weighted by atomic mass is 16.4. The number of aromatic amines is 1. The van der Waals surface area contributed by atoms with Crippen molar-refractivity contribution in [3.05, 3.63) is 17.5 Å². The number of nitrogens with one attached hydrogen (secondary N) is 2. The van der Waals surface area contributed by atoms with Crippen LogP contribution < -0.4 is 5.32 Å². The molecule has 0 aromatic carbocycles. The quantitative estimate of drug-likeness (QED) is 0.716. The van der Waals surface area contributed by atoms with E-state index < -0.39 is 5.97 Å². The average molecular weight is 224 g/mol. The Bertz CT molecular complexity index is 396. The molecule has 1 aromatic rings. The number of amides is 1. The summed E-state index contributed by atoms with van der Waals surface area (Å²) in [5, 5.41) is 11.5. The summed E-state index contributed by atoms with van der Waals surface area (Å²) in [7, 11) is 0. The van der Waals surface area contributed by atoms with Gasteiger partial charge in [-0.2, -0.15) is 0 Å². The second kappa shape index (κ2) is 5.34. The molecule has 16 heavy (non-hydrogen) atoms. The van der Waals surface area contributed by atoms with Crippen molar-refractivity contribution < 1.29 is 14.7 Å².